The Hall–Kier alpha value is -0.700. The van der Waals surface area contributed by atoms with E-state index >= 15 is 0 Å². The molecule has 1 atom stereocenters. The highest BCUT2D eigenvalue weighted by atomic mass is 19.1. The monoisotopic (exact) mass is 117 g/mol. The number of hydrogen-bond acceptors (Lipinski definition) is 2. The number of ketones is 1. The summed E-state index contributed by atoms with van der Waals surface area (Å²) in [7, 11) is 0. The molecule has 0 radical (unpaired) electrons. The van der Waals surface area contributed by atoms with Gasteiger partial charge in [-0.2, -0.15) is 0 Å². The number of allylic oxidation sites excluding steroid dienone is 1. The van der Waals surface area contributed by atoms with Crippen LogP contribution in [0.25, 0.3) is 0 Å². The maximum absolute atomic E-state index is 11.7. The Labute approximate surface area is 47.2 Å². The molecule has 3 heteroatoms. The van der Waals surface area contributed by atoms with Crippen LogP contribution in [-0.2, 0) is 4.79 Å². The predicted octanol–water partition coefficient (Wildman–Crippen LogP) is 0.386. The zero-order chi connectivity index (χ0) is 6.57. The molecule has 0 rings (SSSR count). The van der Waals surface area contributed by atoms with Gasteiger partial charge in [0.1, 0.15) is 0 Å². The van der Waals surface area contributed by atoms with Crippen molar-refractivity contribution in [1.82, 2.24) is 0 Å². The Morgan fingerprint density at radius 3 is 2.50 bits per heavy atom. The fourth-order valence-corrected chi connectivity index (χ4v) is 0.256. The molecule has 0 aromatic rings. The van der Waals surface area contributed by atoms with E-state index in [1.54, 1.807) is 6.92 Å². The molecule has 0 spiro atoms. The van der Waals surface area contributed by atoms with Crippen molar-refractivity contribution in [1.29, 1.82) is 0 Å². The highest BCUT2D eigenvalue weighted by Crippen LogP contribution is 1.83. The van der Waals surface area contributed by atoms with Crippen LogP contribution in [0.5, 0.6) is 0 Å². The molecule has 0 aliphatic heterocycles. The molecule has 0 fully saturated rings. The van der Waals surface area contributed by atoms with E-state index in [1.165, 1.54) is 6.08 Å². The van der Waals surface area contributed by atoms with Crippen LogP contribution in [0.15, 0.2) is 12.2 Å². The SMILES string of the molecule is C/C=C/C(=O)C(N)F. The summed E-state index contributed by atoms with van der Waals surface area (Å²) in [6.45, 7) is 1.63. The molecular formula is C5H8FNO. The van der Waals surface area contributed by atoms with Crippen molar-refractivity contribution < 1.29 is 9.18 Å². The van der Waals surface area contributed by atoms with Crippen molar-refractivity contribution in [2.75, 3.05) is 0 Å². The second-order valence-electron chi connectivity index (χ2n) is 1.30. The van der Waals surface area contributed by atoms with E-state index in [-0.39, 0.29) is 0 Å². The zero-order valence-electron chi connectivity index (χ0n) is 4.60. The minimum atomic E-state index is -1.86. The van der Waals surface area contributed by atoms with E-state index in [0.29, 0.717) is 0 Å². The third-order valence-corrected chi connectivity index (χ3v) is 0.603. The van der Waals surface area contributed by atoms with E-state index in [9.17, 15) is 9.18 Å². The minimum Gasteiger partial charge on any atom is -0.295 e. The second kappa shape index (κ2) is 3.32. The third kappa shape index (κ3) is 2.47. The van der Waals surface area contributed by atoms with Crippen molar-refractivity contribution in [2.45, 2.75) is 13.2 Å². The van der Waals surface area contributed by atoms with Crippen LogP contribution in [0, 0.1) is 0 Å². The van der Waals surface area contributed by atoms with Crippen LogP contribution in [-0.4, -0.2) is 12.1 Å². The van der Waals surface area contributed by atoms with E-state index in [2.05, 4.69) is 5.73 Å². The number of nitrogens with two attached hydrogens (primary N) is 1. The lowest BCUT2D eigenvalue weighted by Gasteiger charge is -1.90. The van der Waals surface area contributed by atoms with Gasteiger partial charge in [-0.15, -0.1) is 0 Å². The van der Waals surface area contributed by atoms with Crippen LogP contribution in [0.4, 0.5) is 4.39 Å². The Kier molecular flexibility index (Phi) is 3.03. The molecule has 0 saturated heterocycles. The van der Waals surface area contributed by atoms with Gasteiger partial charge in [-0.05, 0) is 13.0 Å². The molecule has 2 nitrogen and oxygen atoms in total. The summed E-state index contributed by atoms with van der Waals surface area (Å²) in [4.78, 5) is 10.2. The van der Waals surface area contributed by atoms with Gasteiger partial charge in [0.05, 0.1) is 0 Å². The van der Waals surface area contributed by atoms with Gasteiger partial charge in [-0.1, -0.05) is 6.08 Å². The topological polar surface area (TPSA) is 43.1 Å². The average Bonchev–Trinajstić information content (AvgIpc) is 1.67. The number of halogens is 1. The molecule has 0 aliphatic carbocycles. The van der Waals surface area contributed by atoms with Gasteiger partial charge in [-0.3, -0.25) is 10.5 Å². The molecular weight excluding hydrogens is 109 g/mol. The van der Waals surface area contributed by atoms with Gasteiger partial charge >= 0.3 is 0 Å². The molecule has 46 valence electrons. The van der Waals surface area contributed by atoms with Crippen molar-refractivity contribution in [3.8, 4) is 0 Å². The van der Waals surface area contributed by atoms with Crippen LogP contribution in [0.2, 0.25) is 0 Å². The Bertz CT molecular complexity index is 109. The first kappa shape index (κ1) is 7.30. The lowest BCUT2D eigenvalue weighted by atomic mass is 10.3. The number of rotatable bonds is 2. The van der Waals surface area contributed by atoms with Crippen molar-refractivity contribution >= 4 is 5.78 Å². The summed E-state index contributed by atoms with van der Waals surface area (Å²) in [6, 6.07) is 0. The highest BCUT2D eigenvalue weighted by molar-refractivity contribution is 5.92. The van der Waals surface area contributed by atoms with E-state index in [0.717, 1.165) is 6.08 Å². The molecule has 0 aromatic heterocycles. The lowest BCUT2D eigenvalue weighted by molar-refractivity contribution is -0.118. The van der Waals surface area contributed by atoms with Crippen molar-refractivity contribution in [3.63, 3.8) is 0 Å². The molecule has 0 bridgehead atoms. The van der Waals surface area contributed by atoms with Gasteiger partial charge in [0.15, 0.2) is 0 Å². The molecule has 0 aliphatic rings. The fraction of sp³-hybridized carbons (Fsp3) is 0.400. The molecule has 0 heterocycles. The van der Waals surface area contributed by atoms with E-state index in [1.807, 2.05) is 0 Å². The van der Waals surface area contributed by atoms with Crippen LogP contribution in [0.1, 0.15) is 6.92 Å². The quantitative estimate of drug-likeness (QED) is 0.420. The Morgan fingerprint density at radius 2 is 2.38 bits per heavy atom. The van der Waals surface area contributed by atoms with Crippen LogP contribution in [0.3, 0.4) is 0 Å². The molecule has 2 N–H and O–H groups in total. The standard InChI is InChI=1S/C5H8FNO/c1-2-3-4(8)5(6)7/h2-3,5H,7H2,1H3/b3-2+. The summed E-state index contributed by atoms with van der Waals surface area (Å²) in [6.07, 6.45) is 0.693. The third-order valence-electron chi connectivity index (χ3n) is 0.603. The molecule has 1 unspecified atom stereocenters. The number of alkyl halides is 1. The maximum Gasteiger partial charge on any atom is 0.211 e. The van der Waals surface area contributed by atoms with E-state index in [4.69, 9.17) is 0 Å². The maximum atomic E-state index is 11.7. The summed E-state index contributed by atoms with van der Waals surface area (Å²) in [5.41, 5.74) is 4.55. The van der Waals surface area contributed by atoms with Gasteiger partial charge in [0.25, 0.3) is 0 Å². The number of hydrogen-bond donors (Lipinski definition) is 1. The van der Waals surface area contributed by atoms with Gasteiger partial charge in [0, 0.05) is 0 Å². The normalized spacial score (nSPS) is 14.4. The van der Waals surface area contributed by atoms with Crippen molar-refractivity contribution in [2.24, 2.45) is 5.73 Å². The molecule has 0 aromatic carbocycles. The average molecular weight is 117 g/mol. The summed E-state index contributed by atoms with van der Waals surface area (Å²) < 4.78 is 11.7. The van der Waals surface area contributed by atoms with Gasteiger partial charge in [-0.25, -0.2) is 4.39 Å². The molecule has 0 saturated carbocycles. The van der Waals surface area contributed by atoms with E-state index < -0.39 is 12.1 Å². The fourth-order valence-electron chi connectivity index (χ4n) is 0.256. The smallest absolute Gasteiger partial charge is 0.211 e. The predicted molar refractivity (Wildman–Crippen MR) is 28.9 cm³/mol. The zero-order valence-corrected chi connectivity index (χ0v) is 4.60. The highest BCUT2D eigenvalue weighted by Gasteiger charge is 2.04. The number of carbonyl (C=O) groups excluding carboxylic acids is 1. The number of carbonyl (C=O) groups is 1. The summed E-state index contributed by atoms with van der Waals surface area (Å²) in [5, 5.41) is 0. The minimum absolute atomic E-state index is 0.688. The molecule has 8 heavy (non-hydrogen) atoms. The van der Waals surface area contributed by atoms with Gasteiger partial charge in [0.2, 0.25) is 12.1 Å². The summed E-state index contributed by atoms with van der Waals surface area (Å²) in [5.74, 6) is -0.688. The molecule has 0 amide bonds. The second-order valence-corrected chi connectivity index (χ2v) is 1.30. The first-order valence-corrected chi connectivity index (χ1v) is 2.24. The van der Waals surface area contributed by atoms with Gasteiger partial charge < -0.3 is 0 Å². The summed E-state index contributed by atoms with van der Waals surface area (Å²) >= 11 is 0. The largest absolute Gasteiger partial charge is 0.295 e. The van der Waals surface area contributed by atoms with Crippen LogP contribution < -0.4 is 5.73 Å². The Morgan fingerprint density at radius 1 is 1.88 bits per heavy atom. The Balaban J connectivity index is 3.66. The van der Waals surface area contributed by atoms with Crippen molar-refractivity contribution in [3.05, 3.63) is 12.2 Å². The van der Waals surface area contributed by atoms with Crippen LogP contribution >= 0.6 is 0 Å². The first-order chi connectivity index (χ1) is 3.68. The first-order valence-electron chi connectivity index (χ1n) is 2.24. The lowest BCUT2D eigenvalue weighted by Crippen LogP contribution is -2.22.